The molecule has 0 aromatic heterocycles. The Morgan fingerprint density at radius 1 is 1.06 bits per heavy atom. The first kappa shape index (κ1) is 38.5. The van der Waals surface area contributed by atoms with Gasteiger partial charge in [0, 0.05) is 12.3 Å². The summed E-state index contributed by atoms with van der Waals surface area (Å²) in [5.41, 5.74) is -2.97. The van der Waals surface area contributed by atoms with Gasteiger partial charge in [-0.3, -0.25) is 24.4 Å². The van der Waals surface area contributed by atoms with Crippen LogP contribution in [0.15, 0.2) is 36.9 Å². The van der Waals surface area contributed by atoms with E-state index in [4.69, 9.17) is 14.2 Å². The summed E-state index contributed by atoms with van der Waals surface area (Å²) >= 11 is 0. The Bertz CT molecular complexity index is 1610. The fourth-order valence-corrected chi connectivity index (χ4v) is 7.14. The smallest absolute Gasteiger partial charge is 0.412 e. The van der Waals surface area contributed by atoms with Crippen LogP contribution in [-0.4, -0.2) is 91.0 Å². The number of carbonyl (C=O) groups is 5. The first-order valence-electron chi connectivity index (χ1n) is 16.7. The molecule has 4 rings (SSSR count). The Hall–Kier alpha value is -4.34. The fraction of sp³-hybridized carbons (Fsp3) is 0.618. The van der Waals surface area contributed by atoms with Gasteiger partial charge in [0.1, 0.15) is 35.1 Å². The number of hydrogen-bond donors (Lipinski definition) is 4. The molecule has 0 spiro atoms. The number of nitrogens with zero attached hydrogens (tertiary/aromatic N) is 1. The maximum absolute atomic E-state index is 14.3. The highest BCUT2D eigenvalue weighted by Gasteiger charge is 2.62. The van der Waals surface area contributed by atoms with Gasteiger partial charge in [-0.05, 0) is 64.5 Å². The summed E-state index contributed by atoms with van der Waals surface area (Å²) in [6, 6.07) is 4.31. The molecule has 15 nitrogen and oxygen atoms in total. The van der Waals surface area contributed by atoms with Crippen molar-refractivity contribution in [2.24, 2.45) is 11.3 Å². The van der Waals surface area contributed by atoms with Crippen LogP contribution in [0.4, 0.5) is 15.3 Å². The van der Waals surface area contributed by atoms with Crippen LogP contribution in [0.3, 0.4) is 0 Å². The van der Waals surface area contributed by atoms with E-state index in [-0.39, 0.29) is 19.4 Å². The molecule has 4 N–H and O–H groups in total. The minimum Gasteiger partial charge on any atom is -0.492 e. The van der Waals surface area contributed by atoms with E-state index in [1.165, 1.54) is 11.0 Å². The highest BCUT2D eigenvalue weighted by molar-refractivity contribution is 7.91. The summed E-state index contributed by atoms with van der Waals surface area (Å²) in [6.07, 6.45) is -0.410. The minimum absolute atomic E-state index is 0.0985. The zero-order chi connectivity index (χ0) is 37.2. The van der Waals surface area contributed by atoms with E-state index in [9.17, 15) is 32.4 Å². The van der Waals surface area contributed by atoms with Crippen LogP contribution in [0.5, 0.6) is 5.75 Å². The average molecular weight is 720 g/mol. The molecule has 5 amide bonds. The van der Waals surface area contributed by atoms with E-state index in [1.807, 2.05) is 0 Å². The molecule has 1 heterocycles. The number of amides is 5. The van der Waals surface area contributed by atoms with E-state index in [0.717, 1.165) is 0 Å². The standard InChI is InChI=1S/C34H49N5O10S/c1-9-20-18-34(20,29(42)38-50(45,46)22-15-16-22)37-27(40)24-17-21(48-30(43)35-23-13-11-12-14-25(23)47-10-2)19-39(24)28(41)26(32(3,4)5)36-31(44)49-33(6,7)8/h9,11-14,20-22,24,26H,1,10,15-19H2,2-8H3,(H,35,43)(H,36,44)(H,37,40)(H,38,42)/t20?,21-,24+,26-,34?/m1/s1. The number of ether oxygens (including phenoxy) is 3. The lowest BCUT2D eigenvalue weighted by Crippen LogP contribution is -2.60. The van der Waals surface area contributed by atoms with Gasteiger partial charge in [-0.15, -0.1) is 6.58 Å². The van der Waals surface area contributed by atoms with Crippen LogP contribution in [0.25, 0.3) is 0 Å². The number of para-hydroxylation sites is 2. The molecule has 5 atom stereocenters. The van der Waals surface area contributed by atoms with Gasteiger partial charge in [0.15, 0.2) is 0 Å². The second-order valence-corrected chi connectivity index (χ2v) is 16.9. The molecule has 1 aromatic rings. The Balaban J connectivity index is 1.59. The Labute approximate surface area is 293 Å². The van der Waals surface area contributed by atoms with E-state index in [2.05, 4.69) is 27.3 Å². The van der Waals surface area contributed by atoms with E-state index < -0.39 is 85.8 Å². The summed E-state index contributed by atoms with van der Waals surface area (Å²) in [5, 5.41) is 7.29. The summed E-state index contributed by atoms with van der Waals surface area (Å²) in [6.45, 7) is 15.9. The van der Waals surface area contributed by atoms with Gasteiger partial charge in [-0.25, -0.2) is 18.0 Å². The van der Waals surface area contributed by atoms with E-state index in [1.54, 1.807) is 72.7 Å². The van der Waals surface area contributed by atoms with Crippen LogP contribution < -0.4 is 25.4 Å². The average Bonchev–Trinajstić information content (AvgIpc) is 3.92. The van der Waals surface area contributed by atoms with Crippen molar-refractivity contribution < 1.29 is 46.6 Å². The molecular weight excluding hydrogens is 670 g/mol. The van der Waals surface area contributed by atoms with Crippen molar-refractivity contribution in [1.29, 1.82) is 0 Å². The third kappa shape index (κ3) is 9.25. The predicted octanol–water partition coefficient (Wildman–Crippen LogP) is 3.21. The zero-order valence-corrected chi connectivity index (χ0v) is 30.5. The van der Waals surface area contributed by atoms with E-state index in [0.29, 0.717) is 30.9 Å². The van der Waals surface area contributed by atoms with Crippen molar-refractivity contribution in [2.75, 3.05) is 18.5 Å². The predicted molar refractivity (Wildman–Crippen MR) is 183 cm³/mol. The first-order valence-corrected chi connectivity index (χ1v) is 18.3. The Morgan fingerprint density at radius 2 is 1.72 bits per heavy atom. The SMILES string of the molecule is C=CC1CC1(NC(=O)[C@@H]1C[C@@H](OC(=O)Nc2ccccc2OCC)CN1C(=O)[C@@H](NC(=O)OC(C)(C)C)C(C)(C)C)C(=O)NS(=O)(=O)C1CC1. The van der Waals surface area contributed by atoms with Crippen molar-refractivity contribution in [3.8, 4) is 5.75 Å². The monoisotopic (exact) mass is 719 g/mol. The van der Waals surface area contributed by atoms with Crippen molar-refractivity contribution >= 4 is 45.6 Å². The molecule has 3 aliphatic rings. The molecule has 2 saturated carbocycles. The van der Waals surface area contributed by atoms with Crippen LogP contribution in [0.2, 0.25) is 0 Å². The lowest BCUT2D eigenvalue weighted by Gasteiger charge is -2.36. The summed E-state index contributed by atoms with van der Waals surface area (Å²) in [4.78, 5) is 68.8. The summed E-state index contributed by atoms with van der Waals surface area (Å²) in [5.74, 6) is -2.45. The summed E-state index contributed by atoms with van der Waals surface area (Å²) in [7, 11) is -3.92. The second-order valence-electron chi connectivity index (χ2n) is 15.0. The number of alkyl carbamates (subject to hydrolysis) is 1. The number of nitrogens with one attached hydrogen (secondary N) is 4. The highest BCUT2D eigenvalue weighted by atomic mass is 32.2. The molecule has 1 aliphatic heterocycles. The van der Waals surface area contributed by atoms with Crippen LogP contribution in [-0.2, 0) is 33.9 Å². The van der Waals surface area contributed by atoms with Crippen LogP contribution in [0, 0.1) is 11.3 Å². The van der Waals surface area contributed by atoms with Crippen molar-refractivity contribution in [2.45, 2.75) is 109 Å². The lowest BCUT2D eigenvalue weighted by atomic mass is 9.85. The third-order valence-corrected chi connectivity index (χ3v) is 10.4. The van der Waals surface area contributed by atoms with Gasteiger partial charge in [0.05, 0.1) is 24.1 Å². The summed E-state index contributed by atoms with van der Waals surface area (Å²) < 4.78 is 44.0. The molecular formula is C34H49N5O10S. The van der Waals surface area contributed by atoms with Gasteiger partial charge in [-0.1, -0.05) is 39.0 Å². The molecule has 16 heteroatoms. The number of anilines is 1. The van der Waals surface area contributed by atoms with E-state index >= 15 is 0 Å². The number of hydrogen-bond acceptors (Lipinski definition) is 10. The Kier molecular flexibility index (Phi) is 11.1. The number of likely N-dealkylation sites (tertiary alicyclic amines) is 1. The minimum atomic E-state index is -3.92. The molecule has 1 saturated heterocycles. The Morgan fingerprint density at radius 3 is 2.28 bits per heavy atom. The second kappa shape index (κ2) is 14.5. The number of benzene rings is 1. The van der Waals surface area contributed by atoms with Gasteiger partial charge in [0.25, 0.3) is 5.91 Å². The van der Waals surface area contributed by atoms with Crippen LogP contribution in [0.1, 0.15) is 74.1 Å². The largest absolute Gasteiger partial charge is 0.492 e. The first-order chi connectivity index (χ1) is 23.2. The van der Waals surface area contributed by atoms with Crippen molar-refractivity contribution in [1.82, 2.24) is 20.3 Å². The molecule has 0 bridgehead atoms. The maximum atomic E-state index is 14.3. The quantitative estimate of drug-likeness (QED) is 0.233. The molecule has 50 heavy (non-hydrogen) atoms. The van der Waals surface area contributed by atoms with Gasteiger partial charge in [0.2, 0.25) is 21.8 Å². The third-order valence-electron chi connectivity index (χ3n) is 8.57. The highest BCUT2D eigenvalue weighted by Crippen LogP contribution is 2.45. The number of carbonyl (C=O) groups excluding carboxylic acids is 5. The zero-order valence-electron chi connectivity index (χ0n) is 29.7. The topological polar surface area (TPSA) is 199 Å². The van der Waals surface area contributed by atoms with Crippen LogP contribution >= 0.6 is 0 Å². The lowest BCUT2D eigenvalue weighted by molar-refractivity contribution is -0.143. The van der Waals surface area contributed by atoms with Gasteiger partial charge >= 0.3 is 12.2 Å². The number of sulfonamides is 1. The fourth-order valence-electron chi connectivity index (χ4n) is 5.78. The van der Waals surface area contributed by atoms with Gasteiger partial charge < -0.3 is 29.7 Å². The number of rotatable bonds is 12. The van der Waals surface area contributed by atoms with Gasteiger partial charge in [-0.2, -0.15) is 0 Å². The van der Waals surface area contributed by atoms with Crippen molar-refractivity contribution in [3.63, 3.8) is 0 Å². The molecule has 2 aliphatic carbocycles. The molecule has 1 aromatic carbocycles. The molecule has 276 valence electrons. The molecule has 3 fully saturated rings. The molecule has 0 radical (unpaired) electrons. The molecule has 2 unspecified atom stereocenters. The normalized spacial score (nSPS) is 23.9. The maximum Gasteiger partial charge on any atom is 0.412 e. The van der Waals surface area contributed by atoms with Crippen molar-refractivity contribution in [3.05, 3.63) is 36.9 Å².